The second-order valence-electron chi connectivity index (χ2n) is 9.69. The number of anilines is 1. The number of likely N-dealkylation sites (tertiary alicyclic amines) is 1. The Morgan fingerprint density at radius 3 is 2.64 bits per heavy atom. The van der Waals surface area contributed by atoms with Crippen LogP contribution in [0.25, 0.3) is 5.69 Å². The fourth-order valence-electron chi connectivity index (χ4n) is 5.27. The van der Waals surface area contributed by atoms with E-state index in [0.717, 1.165) is 42.1 Å². The SMILES string of the molecule is C[C@H]1Cc2cc(-n3cccn3)ccc2[C@@H](c2ccc(NC3CN(CCCF)C3)cn2)N1CC(F)(F)F. The third-order valence-electron chi connectivity index (χ3n) is 6.97. The van der Waals surface area contributed by atoms with Gasteiger partial charge in [-0.25, -0.2) is 4.68 Å². The second kappa shape index (κ2) is 10.2. The smallest absolute Gasteiger partial charge is 0.378 e. The molecule has 1 aromatic carbocycles. The van der Waals surface area contributed by atoms with Crippen LogP contribution in [0.5, 0.6) is 0 Å². The predicted molar refractivity (Wildman–Crippen MR) is 130 cm³/mol. The predicted octanol–water partition coefficient (Wildman–Crippen LogP) is 4.62. The summed E-state index contributed by atoms with van der Waals surface area (Å²) in [6.07, 6.45) is 1.97. The molecule has 1 N–H and O–H groups in total. The lowest BCUT2D eigenvalue weighted by atomic mass is 9.86. The van der Waals surface area contributed by atoms with Crippen LogP contribution < -0.4 is 5.32 Å². The molecule has 3 aromatic rings. The van der Waals surface area contributed by atoms with Crippen molar-refractivity contribution in [1.29, 1.82) is 0 Å². The zero-order valence-corrected chi connectivity index (χ0v) is 20.1. The van der Waals surface area contributed by atoms with Gasteiger partial charge in [-0.05, 0) is 61.2 Å². The van der Waals surface area contributed by atoms with Crippen LogP contribution in [0, 0.1) is 0 Å². The molecule has 2 aliphatic heterocycles. The average molecular weight is 503 g/mol. The first-order chi connectivity index (χ1) is 17.3. The average Bonchev–Trinajstić information content (AvgIpc) is 3.35. The maximum Gasteiger partial charge on any atom is 0.401 e. The molecule has 2 aromatic heterocycles. The van der Waals surface area contributed by atoms with Crippen LogP contribution in [-0.2, 0) is 6.42 Å². The summed E-state index contributed by atoms with van der Waals surface area (Å²) in [4.78, 5) is 8.30. The molecule has 6 nitrogen and oxygen atoms in total. The highest BCUT2D eigenvalue weighted by Crippen LogP contribution is 2.39. The van der Waals surface area contributed by atoms with Crippen LogP contribution in [0.1, 0.15) is 36.2 Å². The summed E-state index contributed by atoms with van der Waals surface area (Å²) in [6, 6.07) is 10.7. The third kappa shape index (κ3) is 5.39. The molecule has 0 amide bonds. The Morgan fingerprint density at radius 1 is 1.14 bits per heavy atom. The van der Waals surface area contributed by atoms with Crippen molar-refractivity contribution in [3.05, 3.63) is 71.8 Å². The minimum Gasteiger partial charge on any atom is -0.378 e. The Hall–Kier alpha value is -2.98. The van der Waals surface area contributed by atoms with Crippen LogP contribution in [0.15, 0.2) is 55.0 Å². The Balaban J connectivity index is 1.39. The topological polar surface area (TPSA) is 49.2 Å². The quantitative estimate of drug-likeness (QED) is 0.456. The summed E-state index contributed by atoms with van der Waals surface area (Å²) in [5.41, 5.74) is 4.13. The van der Waals surface area contributed by atoms with Gasteiger partial charge in [0.15, 0.2) is 0 Å². The van der Waals surface area contributed by atoms with Gasteiger partial charge >= 0.3 is 6.18 Å². The Bertz CT molecular complexity index is 1140. The number of nitrogens with zero attached hydrogens (tertiary/aromatic N) is 5. The standard InChI is InChI=1S/C26H30F4N6/c1-18-12-19-13-22(36-11-3-9-32-36)5-6-23(19)25(35(18)17-26(28,29)30)24-7-4-20(14-31-24)33-21-15-34(16-21)10-2-8-27/h3-7,9,11,13-14,18,21,25,33H,2,8,10,12,15-17H2,1H3/t18-,25-/m0/s1. The van der Waals surface area contributed by atoms with Crippen LogP contribution in [0.2, 0.25) is 0 Å². The van der Waals surface area contributed by atoms with Crippen molar-refractivity contribution < 1.29 is 17.6 Å². The second-order valence-corrected chi connectivity index (χ2v) is 9.69. The minimum absolute atomic E-state index is 0.259. The Kier molecular flexibility index (Phi) is 6.98. The largest absolute Gasteiger partial charge is 0.401 e. The number of alkyl halides is 4. The molecule has 0 spiro atoms. The summed E-state index contributed by atoms with van der Waals surface area (Å²) in [5, 5.41) is 7.69. The lowest BCUT2D eigenvalue weighted by molar-refractivity contribution is -0.155. The number of pyridine rings is 1. The highest BCUT2D eigenvalue weighted by atomic mass is 19.4. The van der Waals surface area contributed by atoms with Crippen molar-refractivity contribution >= 4 is 5.69 Å². The van der Waals surface area contributed by atoms with Gasteiger partial charge in [-0.3, -0.25) is 19.2 Å². The van der Waals surface area contributed by atoms with Crippen LogP contribution in [0.4, 0.5) is 23.2 Å². The van der Waals surface area contributed by atoms with E-state index in [9.17, 15) is 17.6 Å². The summed E-state index contributed by atoms with van der Waals surface area (Å²) in [5.74, 6) is 0. The summed E-state index contributed by atoms with van der Waals surface area (Å²) < 4.78 is 54.8. The van der Waals surface area contributed by atoms with Crippen molar-refractivity contribution in [2.24, 2.45) is 0 Å². The van der Waals surface area contributed by atoms with E-state index >= 15 is 0 Å². The van der Waals surface area contributed by atoms with Gasteiger partial charge in [-0.15, -0.1) is 0 Å². The van der Waals surface area contributed by atoms with Gasteiger partial charge in [0.2, 0.25) is 0 Å². The summed E-state index contributed by atoms with van der Waals surface area (Å²) in [7, 11) is 0. The first kappa shape index (κ1) is 24.7. The van der Waals surface area contributed by atoms with Crippen molar-refractivity contribution in [3.63, 3.8) is 0 Å². The van der Waals surface area contributed by atoms with Gasteiger partial charge in [0.1, 0.15) is 0 Å². The molecule has 5 rings (SSSR count). The number of nitrogens with one attached hydrogen (secondary N) is 1. The van der Waals surface area contributed by atoms with Crippen molar-refractivity contribution in [2.45, 2.75) is 44.1 Å². The van der Waals surface area contributed by atoms with E-state index in [1.54, 1.807) is 17.1 Å². The maximum absolute atomic E-state index is 13.6. The monoisotopic (exact) mass is 502 g/mol. The van der Waals surface area contributed by atoms with E-state index < -0.39 is 18.8 Å². The molecule has 0 bridgehead atoms. The number of benzene rings is 1. The molecular formula is C26H30F4N6. The molecule has 10 heteroatoms. The number of aromatic nitrogens is 3. The van der Waals surface area contributed by atoms with Gasteiger partial charge in [-0.2, -0.15) is 18.3 Å². The first-order valence-corrected chi connectivity index (χ1v) is 12.3. The number of fused-ring (bicyclic) bond motifs is 1. The zero-order valence-electron chi connectivity index (χ0n) is 20.1. The highest BCUT2D eigenvalue weighted by Gasteiger charge is 2.41. The van der Waals surface area contributed by atoms with Crippen LogP contribution in [-0.4, -0.2) is 75.7 Å². The molecule has 4 heterocycles. The van der Waals surface area contributed by atoms with Crippen LogP contribution in [0.3, 0.4) is 0 Å². The molecule has 0 radical (unpaired) electrons. The minimum atomic E-state index is -4.32. The zero-order chi connectivity index (χ0) is 25.3. The lowest BCUT2D eigenvalue weighted by Gasteiger charge is -2.42. The summed E-state index contributed by atoms with van der Waals surface area (Å²) >= 11 is 0. The van der Waals surface area contributed by atoms with Gasteiger partial charge in [0.05, 0.1) is 48.6 Å². The number of rotatable bonds is 8. The normalized spacial score (nSPS) is 21.2. The highest BCUT2D eigenvalue weighted by molar-refractivity contribution is 5.48. The molecular weight excluding hydrogens is 472 g/mol. The lowest BCUT2D eigenvalue weighted by Crippen LogP contribution is -2.54. The van der Waals surface area contributed by atoms with Crippen molar-refractivity contribution in [2.75, 3.05) is 38.2 Å². The van der Waals surface area contributed by atoms with Gasteiger partial charge < -0.3 is 5.32 Å². The summed E-state index contributed by atoms with van der Waals surface area (Å²) in [6.45, 7) is 2.96. The Labute approximate surface area is 207 Å². The first-order valence-electron chi connectivity index (χ1n) is 12.3. The van der Waals surface area contributed by atoms with Gasteiger partial charge in [0, 0.05) is 38.1 Å². The van der Waals surface area contributed by atoms with E-state index in [4.69, 9.17) is 0 Å². The fraction of sp³-hybridized carbons (Fsp3) is 0.462. The van der Waals surface area contributed by atoms with Crippen molar-refractivity contribution in [1.82, 2.24) is 24.6 Å². The van der Waals surface area contributed by atoms with E-state index in [1.165, 1.54) is 4.90 Å². The Morgan fingerprint density at radius 2 is 1.97 bits per heavy atom. The molecule has 0 saturated carbocycles. The van der Waals surface area contributed by atoms with Gasteiger partial charge in [-0.1, -0.05) is 6.07 Å². The fourth-order valence-corrected chi connectivity index (χ4v) is 5.27. The molecule has 36 heavy (non-hydrogen) atoms. The van der Waals surface area contributed by atoms with Crippen LogP contribution >= 0.6 is 0 Å². The molecule has 2 aliphatic rings. The van der Waals surface area contributed by atoms with E-state index in [-0.39, 0.29) is 18.8 Å². The third-order valence-corrected chi connectivity index (χ3v) is 6.97. The molecule has 1 saturated heterocycles. The molecule has 0 aliphatic carbocycles. The molecule has 2 atom stereocenters. The van der Waals surface area contributed by atoms with E-state index in [0.29, 0.717) is 18.5 Å². The molecule has 0 unspecified atom stereocenters. The maximum atomic E-state index is 13.6. The molecule has 1 fully saturated rings. The number of hydrogen-bond donors (Lipinski definition) is 1. The van der Waals surface area contributed by atoms with Crippen molar-refractivity contribution in [3.8, 4) is 5.69 Å². The number of halogens is 4. The van der Waals surface area contributed by atoms with E-state index in [1.807, 2.05) is 49.5 Å². The van der Waals surface area contributed by atoms with E-state index in [2.05, 4.69) is 20.3 Å². The number of hydrogen-bond acceptors (Lipinski definition) is 5. The van der Waals surface area contributed by atoms with Gasteiger partial charge in [0.25, 0.3) is 0 Å². The molecule has 192 valence electrons.